The predicted octanol–water partition coefficient (Wildman–Crippen LogP) is 3.04. The van der Waals surface area contributed by atoms with E-state index in [0.29, 0.717) is 0 Å². The highest BCUT2D eigenvalue weighted by atomic mass is 79.9. The lowest BCUT2D eigenvalue weighted by Gasteiger charge is -2.16. The average Bonchev–Trinajstić information content (AvgIpc) is 2.78. The minimum Gasteiger partial charge on any atom is -0.488 e. The van der Waals surface area contributed by atoms with Gasteiger partial charge in [-0.2, -0.15) is 5.10 Å². The van der Waals surface area contributed by atoms with Crippen LogP contribution in [-0.4, -0.2) is 22.8 Å². The zero-order valence-corrected chi connectivity index (χ0v) is 12.7. The van der Waals surface area contributed by atoms with Crippen LogP contribution in [0, 0.1) is 6.92 Å². The molecule has 0 fully saturated rings. The number of hydrogen-bond donors (Lipinski definition) is 2. The van der Waals surface area contributed by atoms with Gasteiger partial charge in [-0.3, -0.25) is 5.10 Å². The number of rotatable bonds is 6. The third-order valence-electron chi connectivity index (χ3n) is 2.85. The third-order valence-corrected chi connectivity index (χ3v) is 3.50. The van der Waals surface area contributed by atoms with E-state index in [1.165, 1.54) is 5.56 Å². The molecule has 1 heterocycles. The van der Waals surface area contributed by atoms with Crippen molar-refractivity contribution in [2.75, 3.05) is 6.54 Å². The lowest BCUT2D eigenvalue weighted by atomic mass is 10.2. The van der Waals surface area contributed by atoms with Crippen LogP contribution in [0.5, 0.6) is 5.75 Å². The molecule has 1 aromatic carbocycles. The van der Waals surface area contributed by atoms with Crippen LogP contribution in [0.4, 0.5) is 0 Å². The summed E-state index contributed by atoms with van der Waals surface area (Å²) in [5, 5.41) is 10.3. The summed E-state index contributed by atoms with van der Waals surface area (Å²) in [4.78, 5) is 0. The number of para-hydroxylation sites is 1. The van der Waals surface area contributed by atoms with Gasteiger partial charge in [0.05, 0.1) is 10.7 Å². The van der Waals surface area contributed by atoms with E-state index < -0.39 is 0 Å². The molecule has 0 saturated heterocycles. The van der Waals surface area contributed by atoms with Crippen molar-refractivity contribution in [1.29, 1.82) is 0 Å². The molecular weight excluding hydrogens is 306 g/mol. The van der Waals surface area contributed by atoms with Gasteiger partial charge in [0.25, 0.3) is 0 Å². The maximum atomic E-state index is 5.86. The van der Waals surface area contributed by atoms with Gasteiger partial charge in [-0.25, -0.2) is 0 Å². The van der Waals surface area contributed by atoms with Gasteiger partial charge in [-0.05, 0) is 41.9 Å². The second kappa shape index (κ2) is 6.73. The first-order valence-electron chi connectivity index (χ1n) is 6.27. The first kappa shape index (κ1) is 14.1. The molecular formula is C14H18BrN3O. The van der Waals surface area contributed by atoms with E-state index in [-0.39, 0.29) is 6.10 Å². The number of halogens is 1. The van der Waals surface area contributed by atoms with Gasteiger partial charge in [0.2, 0.25) is 0 Å². The van der Waals surface area contributed by atoms with Crippen molar-refractivity contribution < 1.29 is 4.74 Å². The lowest BCUT2D eigenvalue weighted by molar-refractivity contribution is 0.215. The lowest BCUT2D eigenvalue weighted by Crippen LogP contribution is -2.28. The summed E-state index contributed by atoms with van der Waals surface area (Å²) in [5.74, 6) is 0.872. The molecule has 4 nitrogen and oxygen atoms in total. The Labute approximate surface area is 121 Å². The van der Waals surface area contributed by atoms with Gasteiger partial charge in [-0.1, -0.05) is 12.1 Å². The second-order valence-electron chi connectivity index (χ2n) is 4.51. The molecule has 0 unspecified atom stereocenters. The SMILES string of the molecule is Cc1[nH]ncc1CNC[C@H](C)Oc1ccccc1Br. The molecule has 102 valence electrons. The minimum atomic E-state index is 0.103. The molecule has 0 aliphatic carbocycles. The number of aryl methyl sites for hydroxylation is 1. The third kappa shape index (κ3) is 4.08. The number of aromatic amines is 1. The summed E-state index contributed by atoms with van der Waals surface area (Å²) < 4.78 is 6.84. The molecule has 19 heavy (non-hydrogen) atoms. The van der Waals surface area contributed by atoms with E-state index in [4.69, 9.17) is 4.74 Å². The Bertz CT molecular complexity index is 527. The van der Waals surface area contributed by atoms with E-state index in [2.05, 4.69) is 38.4 Å². The van der Waals surface area contributed by atoms with Crippen molar-refractivity contribution in [3.8, 4) is 5.75 Å². The highest BCUT2D eigenvalue weighted by Crippen LogP contribution is 2.24. The van der Waals surface area contributed by atoms with Crippen molar-refractivity contribution in [1.82, 2.24) is 15.5 Å². The number of benzene rings is 1. The second-order valence-corrected chi connectivity index (χ2v) is 5.36. The fourth-order valence-electron chi connectivity index (χ4n) is 1.76. The standard InChI is InChI=1S/C14H18BrN3O/c1-10(19-14-6-4-3-5-13(14)15)7-16-8-12-9-17-18-11(12)2/h3-6,9-10,16H,7-8H2,1-2H3,(H,17,18)/t10-/m0/s1. The van der Waals surface area contributed by atoms with Gasteiger partial charge < -0.3 is 10.1 Å². The van der Waals surface area contributed by atoms with Crippen molar-refractivity contribution in [2.24, 2.45) is 0 Å². The summed E-state index contributed by atoms with van der Waals surface area (Å²) in [5.41, 5.74) is 2.29. The Morgan fingerprint density at radius 3 is 2.89 bits per heavy atom. The van der Waals surface area contributed by atoms with Crippen LogP contribution in [0.15, 0.2) is 34.9 Å². The average molecular weight is 324 g/mol. The number of hydrogen-bond acceptors (Lipinski definition) is 3. The molecule has 5 heteroatoms. The molecule has 2 N–H and O–H groups in total. The normalized spacial score (nSPS) is 12.4. The molecule has 1 aromatic heterocycles. The number of ether oxygens (including phenoxy) is 1. The summed E-state index contributed by atoms with van der Waals surface area (Å²) in [7, 11) is 0. The molecule has 2 aromatic rings. The molecule has 0 spiro atoms. The number of nitrogens with one attached hydrogen (secondary N) is 2. The Morgan fingerprint density at radius 1 is 1.42 bits per heavy atom. The number of nitrogens with zero attached hydrogens (tertiary/aromatic N) is 1. The summed E-state index contributed by atoms with van der Waals surface area (Å²) >= 11 is 3.48. The van der Waals surface area contributed by atoms with Crippen LogP contribution in [-0.2, 0) is 6.54 Å². The van der Waals surface area contributed by atoms with Crippen LogP contribution < -0.4 is 10.1 Å². The Kier molecular flexibility index (Phi) is 4.99. The van der Waals surface area contributed by atoms with Crippen molar-refractivity contribution in [3.05, 3.63) is 46.2 Å². The van der Waals surface area contributed by atoms with E-state index in [1.807, 2.05) is 37.4 Å². The fraction of sp³-hybridized carbons (Fsp3) is 0.357. The quantitative estimate of drug-likeness (QED) is 0.859. The van der Waals surface area contributed by atoms with Gasteiger partial charge >= 0.3 is 0 Å². The summed E-state index contributed by atoms with van der Waals surface area (Å²) in [6.07, 6.45) is 1.95. The Balaban J connectivity index is 1.78. The zero-order chi connectivity index (χ0) is 13.7. The van der Waals surface area contributed by atoms with Crippen LogP contribution >= 0.6 is 15.9 Å². The van der Waals surface area contributed by atoms with Gasteiger partial charge in [0, 0.05) is 24.3 Å². The monoisotopic (exact) mass is 323 g/mol. The Hall–Kier alpha value is -1.33. The summed E-state index contributed by atoms with van der Waals surface area (Å²) in [6, 6.07) is 7.88. The molecule has 0 aliphatic heterocycles. The van der Waals surface area contributed by atoms with Gasteiger partial charge in [0.1, 0.15) is 11.9 Å². The largest absolute Gasteiger partial charge is 0.488 e. The molecule has 0 saturated carbocycles. The molecule has 0 amide bonds. The van der Waals surface area contributed by atoms with Crippen LogP contribution in [0.2, 0.25) is 0 Å². The molecule has 1 atom stereocenters. The molecule has 0 bridgehead atoms. The molecule has 2 rings (SSSR count). The van der Waals surface area contributed by atoms with Crippen molar-refractivity contribution in [3.63, 3.8) is 0 Å². The number of aromatic nitrogens is 2. The zero-order valence-electron chi connectivity index (χ0n) is 11.1. The van der Waals surface area contributed by atoms with Gasteiger partial charge in [-0.15, -0.1) is 0 Å². The van der Waals surface area contributed by atoms with Gasteiger partial charge in [0.15, 0.2) is 0 Å². The van der Waals surface area contributed by atoms with Crippen LogP contribution in [0.3, 0.4) is 0 Å². The highest BCUT2D eigenvalue weighted by molar-refractivity contribution is 9.10. The maximum absolute atomic E-state index is 5.86. The van der Waals surface area contributed by atoms with Crippen molar-refractivity contribution in [2.45, 2.75) is 26.5 Å². The Morgan fingerprint density at radius 2 is 2.21 bits per heavy atom. The van der Waals surface area contributed by atoms with E-state index in [1.54, 1.807) is 0 Å². The topological polar surface area (TPSA) is 49.9 Å². The first-order valence-corrected chi connectivity index (χ1v) is 7.07. The maximum Gasteiger partial charge on any atom is 0.133 e. The minimum absolute atomic E-state index is 0.103. The van der Waals surface area contributed by atoms with Crippen LogP contribution in [0.1, 0.15) is 18.2 Å². The first-order chi connectivity index (χ1) is 9.16. The number of H-pyrrole nitrogens is 1. The van der Waals surface area contributed by atoms with E-state index >= 15 is 0 Å². The van der Waals surface area contributed by atoms with Crippen LogP contribution in [0.25, 0.3) is 0 Å². The van der Waals surface area contributed by atoms with Crippen molar-refractivity contribution >= 4 is 15.9 Å². The molecule has 0 radical (unpaired) electrons. The predicted molar refractivity (Wildman–Crippen MR) is 79.3 cm³/mol. The van der Waals surface area contributed by atoms with E-state index in [9.17, 15) is 0 Å². The van der Waals surface area contributed by atoms with E-state index in [0.717, 1.165) is 29.0 Å². The molecule has 0 aliphatic rings. The smallest absolute Gasteiger partial charge is 0.133 e. The highest BCUT2D eigenvalue weighted by Gasteiger charge is 2.07. The fourth-order valence-corrected chi connectivity index (χ4v) is 2.14. The summed E-state index contributed by atoms with van der Waals surface area (Å²) in [6.45, 7) is 5.65.